The molecule has 0 atom stereocenters. The Bertz CT molecular complexity index is 463. The molecule has 0 aliphatic carbocycles. The summed E-state index contributed by atoms with van der Waals surface area (Å²) in [6, 6.07) is 5.96. The summed E-state index contributed by atoms with van der Waals surface area (Å²) >= 11 is 0. The number of sulfonamides is 1. The van der Waals surface area contributed by atoms with Crippen LogP contribution < -0.4 is 4.72 Å². The van der Waals surface area contributed by atoms with Gasteiger partial charge in [-0.2, -0.15) is 0 Å². The van der Waals surface area contributed by atoms with Crippen molar-refractivity contribution in [3.8, 4) is 5.75 Å². The second kappa shape index (κ2) is 4.93. The summed E-state index contributed by atoms with van der Waals surface area (Å²) < 4.78 is 31.7. The van der Waals surface area contributed by atoms with Crippen LogP contribution in [-0.2, 0) is 14.8 Å². The van der Waals surface area contributed by atoms with E-state index in [1.165, 1.54) is 24.3 Å². The topological polar surface area (TPSA) is 75.6 Å². The molecule has 0 amide bonds. The second-order valence-electron chi connectivity index (χ2n) is 4.01. The van der Waals surface area contributed by atoms with Crippen LogP contribution in [0.1, 0.15) is 12.8 Å². The lowest BCUT2D eigenvalue weighted by molar-refractivity contribution is 0.0984. The molecule has 1 aliphatic rings. The number of benzene rings is 1. The Labute approximate surface area is 100 Å². The Morgan fingerprint density at radius 1 is 1.18 bits per heavy atom. The van der Waals surface area contributed by atoms with Crippen LogP contribution in [0.15, 0.2) is 24.3 Å². The van der Waals surface area contributed by atoms with Gasteiger partial charge in [-0.05, 0) is 37.1 Å². The highest BCUT2D eigenvalue weighted by Gasteiger charge is 2.27. The predicted octanol–water partition coefficient (Wildman–Crippen LogP) is 1.31. The van der Waals surface area contributed by atoms with E-state index in [-0.39, 0.29) is 5.75 Å². The molecule has 2 rings (SSSR count). The van der Waals surface area contributed by atoms with Gasteiger partial charge in [-0.15, -0.1) is 0 Å². The van der Waals surface area contributed by atoms with Crippen molar-refractivity contribution >= 4 is 15.7 Å². The van der Waals surface area contributed by atoms with E-state index in [9.17, 15) is 8.42 Å². The maximum atomic E-state index is 12.0. The molecule has 1 aromatic rings. The van der Waals surface area contributed by atoms with Crippen LogP contribution >= 0.6 is 0 Å². The van der Waals surface area contributed by atoms with Crippen molar-refractivity contribution in [1.29, 1.82) is 0 Å². The Morgan fingerprint density at radius 2 is 1.76 bits per heavy atom. The van der Waals surface area contributed by atoms with E-state index in [0.29, 0.717) is 31.7 Å². The minimum Gasteiger partial charge on any atom is -0.508 e. The van der Waals surface area contributed by atoms with Crippen LogP contribution in [0.2, 0.25) is 0 Å². The first-order valence-corrected chi connectivity index (χ1v) is 7.01. The van der Waals surface area contributed by atoms with Crippen molar-refractivity contribution in [3.63, 3.8) is 0 Å². The Balaban J connectivity index is 2.08. The SMILES string of the molecule is O=S(=O)(Nc1ccc(O)cc1)C1CCOCC1. The third-order valence-corrected chi connectivity index (χ3v) is 4.60. The standard InChI is InChI=1S/C11H15NO4S/c13-10-3-1-9(2-4-10)12-17(14,15)11-5-7-16-8-6-11/h1-4,11-13H,5-8H2. The van der Waals surface area contributed by atoms with Crippen LogP contribution in [0.4, 0.5) is 5.69 Å². The molecule has 0 radical (unpaired) electrons. The number of ether oxygens (including phenoxy) is 1. The van der Waals surface area contributed by atoms with E-state index >= 15 is 0 Å². The molecule has 1 heterocycles. The molecule has 5 nitrogen and oxygen atoms in total. The molecule has 94 valence electrons. The fraction of sp³-hybridized carbons (Fsp3) is 0.455. The molecule has 1 aliphatic heterocycles. The Hall–Kier alpha value is -1.27. The molecule has 1 saturated heterocycles. The van der Waals surface area contributed by atoms with E-state index in [0.717, 1.165) is 0 Å². The second-order valence-corrected chi connectivity index (χ2v) is 5.97. The van der Waals surface area contributed by atoms with Gasteiger partial charge in [-0.25, -0.2) is 8.42 Å². The normalized spacial score (nSPS) is 17.9. The number of hydrogen-bond acceptors (Lipinski definition) is 4. The van der Waals surface area contributed by atoms with Crippen LogP contribution in [-0.4, -0.2) is 32.0 Å². The largest absolute Gasteiger partial charge is 0.508 e. The fourth-order valence-electron chi connectivity index (χ4n) is 1.76. The van der Waals surface area contributed by atoms with E-state index in [4.69, 9.17) is 9.84 Å². The van der Waals surface area contributed by atoms with E-state index in [1.807, 2.05) is 0 Å². The molecule has 6 heteroatoms. The summed E-state index contributed by atoms with van der Waals surface area (Å²) in [7, 11) is -3.36. The average molecular weight is 257 g/mol. The first-order chi connectivity index (χ1) is 8.08. The third-order valence-electron chi connectivity index (χ3n) is 2.73. The van der Waals surface area contributed by atoms with E-state index < -0.39 is 15.3 Å². The fourth-order valence-corrected chi connectivity index (χ4v) is 3.21. The first-order valence-electron chi connectivity index (χ1n) is 5.46. The van der Waals surface area contributed by atoms with Crippen molar-refractivity contribution in [2.45, 2.75) is 18.1 Å². The lowest BCUT2D eigenvalue weighted by atomic mass is 10.2. The molecule has 2 N–H and O–H groups in total. The molecule has 1 aromatic carbocycles. The maximum Gasteiger partial charge on any atom is 0.235 e. The molecule has 0 saturated carbocycles. The van der Waals surface area contributed by atoms with Gasteiger partial charge >= 0.3 is 0 Å². The van der Waals surface area contributed by atoms with Crippen molar-refractivity contribution in [2.24, 2.45) is 0 Å². The highest BCUT2D eigenvalue weighted by atomic mass is 32.2. The zero-order valence-electron chi connectivity index (χ0n) is 9.30. The van der Waals surface area contributed by atoms with Gasteiger partial charge in [0.2, 0.25) is 10.0 Å². The highest BCUT2D eigenvalue weighted by molar-refractivity contribution is 7.93. The summed E-state index contributed by atoms with van der Waals surface area (Å²) in [6.45, 7) is 0.975. The predicted molar refractivity (Wildman–Crippen MR) is 64.5 cm³/mol. The van der Waals surface area contributed by atoms with Gasteiger partial charge < -0.3 is 9.84 Å². The van der Waals surface area contributed by atoms with Crippen molar-refractivity contribution < 1.29 is 18.3 Å². The average Bonchev–Trinajstić information content (AvgIpc) is 2.33. The van der Waals surface area contributed by atoms with Crippen molar-refractivity contribution in [1.82, 2.24) is 0 Å². The lowest BCUT2D eigenvalue weighted by Crippen LogP contribution is -2.33. The Morgan fingerprint density at radius 3 is 2.35 bits per heavy atom. The van der Waals surface area contributed by atoms with Gasteiger partial charge in [0.25, 0.3) is 0 Å². The minimum atomic E-state index is -3.36. The summed E-state index contributed by atoms with van der Waals surface area (Å²) in [5, 5.41) is 8.71. The molecule has 17 heavy (non-hydrogen) atoms. The van der Waals surface area contributed by atoms with Gasteiger partial charge in [0.15, 0.2) is 0 Å². The van der Waals surface area contributed by atoms with Crippen LogP contribution in [0.3, 0.4) is 0 Å². The molecule has 0 spiro atoms. The third kappa shape index (κ3) is 3.10. The van der Waals surface area contributed by atoms with E-state index in [2.05, 4.69) is 4.72 Å². The zero-order valence-corrected chi connectivity index (χ0v) is 10.1. The molecular weight excluding hydrogens is 242 g/mol. The number of anilines is 1. The summed E-state index contributed by atoms with van der Waals surface area (Å²) in [5.74, 6) is 0.110. The van der Waals surface area contributed by atoms with Gasteiger partial charge in [-0.3, -0.25) is 4.72 Å². The smallest absolute Gasteiger partial charge is 0.235 e. The molecule has 0 aromatic heterocycles. The summed E-state index contributed by atoms with van der Waals surface area (Å²) in [4.78, 5) is 0. The van der Waals surface area contributed by atoms with Crippen molar-refractivity contribution in [3.05, 3.63) is 24.3 Å². The number of phenols is 1. The first kappa shape index (κ1) is 12.2. The molecule has 1 fully saturated rings. The maximum absolute atomic E-state index is 12.0. The van der Waals surface area contributed by atoms with Gasteiger partial charge in [0, 0.05) is 18.9 Å². The van der Waals surface area contributed by atoms with Gasteiger partial charge in [-0.1, -0.05) is 0 Å². The van der Waals surface area contributed by atoms with Gasteiger partial charge in [0.1, 0.15) is 5.75 Å². The van der Waals surface area contributed by atoms with Gasteiger partial charge in [0.05, 0.1) is 5.25 Å². The summed E-state index contributed by atoms with van der Waals surface area (Å²) in [5.41, 5.74) is 0.467. The molecular formula is C11H15NO4S. The number of hydrogen-bond donors (Lipinski definition) is 2. The number of rotatable bonds is 3. The molecule has 0 bridgehead atoms. The minimum absolute atomic E-state index is 0.110. The Kier molecular flexibility index (Phi) is 3.54. The zero-order chi connectivity index (χ0) is 12.3. The van der Waals surface area contributed by atoms with Crippen molar-refractivity contribution in [2.75, 3.05) is 17.9 Å². The highest BCUT2D eigenvalue weighted by Crippen LogP contribution is 2.20. The number of nitrogens with one attached hydrogen (secondary N) is 1. The monoisotopic (exact) mass is 257 g/mol. The summed E-state index contributed by atoms with van der Waals surface area (Å²) in [6.07, 6.45) is 1.04. The van der Waals surface area contributed by atoms with E-state index in [1.54, 1.807) is 0 Å². The molecule has 0 unspecified atom stereocenters. The number of aromatic hydroxyl groups is 1. The van der Waals surface area contributed by atoms with Crippen LogP contribution in [0, 0.1) is 0 Å². The lowest BCUT2D eigenvalue weighted by Gasteiger charge is -2.22. The van der Waals surface area contributed by atoms with Crippen LogP contribution in [0.25, 0.3) is 0 Å². The van der Waals surface area contributed by atoms with Crippen LogP contribution in [0.5, 0.6) is 5.75 Å². The number of phenolic OH excluding ortho intramolecular Hbond substituents is 1. The quantitative estimate of drug-likeness (QED) is 0.801.